The van der Waals surface area contributed by atoms with Gasteiger partial charge in [-0.25, -0.2) is 22.8 Å². The van der Waals surface area contributed by atoms with Gasteiger partial charge < -0.3 is 30.3 Å². The Bertz CT molecular complexity index is 1230. The van der Waals surface area contributed by atoms with Crippen LogP contribution in [0, 0.1) is 23.6 Å². The van der Waals surface area contributed by atoms with E-state index in [0.717, 1.165) is 24.2 Å². The van der Waals surface area contributed by atoms with E-state index >= 15 is 4.39 Å². The summed E-state index contributed by atoms with van der Waals surface area (Å²) in [7, 11) is 0. The second-order valence-corrected chi connectivity index (χ2v) is 13.4. The van der Waals surface area contributed by atoms with Gasteiger partial charge in [0, 0.05) is 44.5 Å². The number of aliphatic imine (C=N–C) groups is 1. The topological polar surface area (TPSA) is 127 Å². The first-order valence-electron chi connectivity index (χ1n) is 15.6. The molecule has 2 aliphatic heterocycles. The van der Waals surface area contributed by atoms with Crippen LogP contribution in [-0.2, 0) is 16.0 Å². The van der Waals surface area contributed by atoms with Crippen molar-refractivity contribution in [3.8, 4) is 5.75 Å². The average Bonchev–Trinajstić information content (AvgIpc) is 3.31. The monoisotopic (exact) mass is 639 g/mol. The van der Waals surface area contributed by atoms with Crippen molar-refractivity contribution in [1.29, 1.82) is 0 Å². The molecule has 0 aliphatic carbocycles. The first-order chi connectivity index (χ1) is 20.9. The molecule has 0 bridgehead atoms. The summed E-state index contributed by atoms with van der Waals surface area (Å²) in [5.41, 5.74) is 5.10. The van der Waals surface area contributed by atoms with Crippen LogP contribution in [0.2, 0.25) is 0 Å². The molecule has 2 heterocycles. The van der Waals surface area contributed by atoms with Gasteiger partial charge in [-0.2, -0.15) is 4.99 Å². The fraction of sp³-hybridized carbons (Fsp3) is 0.688. The van der Waals surface area contributed by atoms with E-state index in [-0.39, 0.29) is 30.5 Å². The summed E-state index contributed by atoms with van der Waals surface area (Å²) in [6, 6.07) is 2.67. The molecule has 1 aromatic rings. The van der Waals surface area contributed by atoms with E-state index in [1.807, 2.05) is 13.8 Å². The fourth-order valence-corrected chi connectivity index (χ4v) is 5.37. The van der Waals surface area contributed by atoms with Crippen LogP contribution in [0.1, 0.15) is 72.8 Å². The molecule has 3 rings (SSSR count). The molecule has 2 atom stereocenters. The predicted molar refractivity (Wildman–Crippen MR) is 165 cm³/mol. The van der Waals surface area contributed by atoms with Gasteiger partial charge in [-0.3, -0.25) is 4.79 Å². The minimum Gasteiger partial charge on any atom is -0.493 e. The number of amidine groups is 1. The Kier molecular flexibility index (Phi) is 12.1. The molecule has 252 valence electrons. The molecule has 0 aromatic heterocycles. The Morgan fingerprint density at radius 2 is 1.78 bits per heavy atom. The highest BCUT2D eigenvalue weighted by atomic mass is 19.3. The number of alkyl halides is 2. The molecule has 0 unspecified atom stereocenters. The molecule has 2 fully saturated rings. The molecule has 4 amide bonds. The smallest absolute Gasteiger partial charge is 0.408 e. The molecule has 10 nitrogen and oxygen atoms in total. The number of benzene rings is 1. The number of nitrogens with two attached hydrogens (primary N) is 1. The third-order valence-electron chi connectivity index (χ3n) is 8.19. The molecule has 2 aliphatic rings. The van der Waals surface area contributed by atoms with Gasteiger partial charge in [0.1, 0.15) is 29.0 Å². The lowest BCUT2D eigenvalue weighted by Crippen LogP contribution is -2.50. The van der Waals surface area contributed by atoms with Crippen LogP contribution in [0.3, 0.4) is 0 Å². The SMILES string of the molecule is CC(C)C(N)=NC(=O)N1CCC([C@H](C)CCOc2ccc(C[C@H](NC(=O)OC(C)(C)C)C(=O)N3CCC(F)(F)C3)c(F)c2)CC1. The lowest BCUT2D eigenvalue weighted by molar-refractivity contribution is -0.133. The number of hydrogen-bond donors (Lipinski definition) is 2. The summed E-state index contributed by atoms with van der Waals surface area (Å²) in [6.07, 6.45) is 0.804. The Hall–Kier alpha value is -3.51. The van der Waals surface area contributed by atoms with Crippen molar-refractivity contribution in [2.24, 2.45) is 28.5 Å². The van der Waals surface area contributed by atoms with E-state index in [2.05, 4.69) is 17.2 Å². The second-order valence-electron chi connectivity index (χ2n) is 13.4. The number of amides is 4. The lowest BCUT2D eigenvalue weighted by Gasteiger charge is -2.34. The number of carbonyl (C=O) groups is 3. The molecule has 3 N–H and O–H groups in total. The van der Waals surface area contributed by atoms with Gasteiger partial charge in [0.15, 0.2) is 0 Å². The van der Waals surface area contributed by atoms with E-state index in [1.54, 1.807) is 31.7 Å². The maximum atomic E-state index is 15.2. The van der Waals surface area contributed by atoms with E-state index in [0.29, 0.717) is 43.1 Å². The molecule has 1 aromatic carbocycles. The van der Waals surface area contributed by atoms with Crippen molar-refractivity contribution < 1.29 is 37.0 Å². The zero-order valence-electron chi connectivity index (χ0n) is 27.2. The molecule has 0 spiro atoms. The zero-order chi connectivity index (χ0) is 33.5. The Morgan fingerprint density at radius 1 is 1.11 bits per heavy atom. The van der Waals surface area contributed by atoms with Crippen LogP contribution in [-0.4, -0.2) is 84.0 Å². The number of halogens is 3. The van der Waals surface area contributed by atoms with Gasteiger partial charge >= 0.3 is 12.1 Å². The van der Waals surface area contributed by atoms with Crippen molar-refractivity contribution in [2.75, 3.05) is 32.8 Å². The first-order valence-corrected chi connectivity index (χ1v) is 15.6. The highest BCUT2D eigenvalue weighted by Crippen LogP contribution is 2.29. The maximum Gasteiger partial charge on any atom is 0.408 e. The minimum absolute atomic E-state index is 0.0107. The van der Waals surface area contributed by atoms with Crippen molar-refractivity contribution in [1.82, 2.24) is 15.1 Å². The molecule has 0 radical (unpaired) electrons. The summed E-state index contributed by atoms with van der Waals surface area (Å²) in [5, 5.41) is 2.44. The quantitative estimate of drug-likeness (QED) is 0.262. The number of hydrogen-bond acceptors (Lipinski definition) is 5. The molecular weight excluding hydrogens is 591 g/mol. The molecule has 0 saturated carbocycles. The highest BCUT2D eigenvalue weighted by Gasteiger charge is 2.42. The van der Waals surface area contributed by atoms with Gasteiger partial charge in [0.2, 0.25) is 5.91 Å². The van der Waals surface area contributed by atoms with Gasteiger partial charge in [-0.05, 0) is 63.5 Å². The van der Waals surface area contributed by atoms with Crippen LogP contribution in [0.5, 0.6) is 5.75 Å². The fourth-order valence-electron chi connectivity index (χ4n) is 5.37. The standard InChI is InChI=1S/C32H48F3N5O5/c1-20(2)27(36)38-29(42)39-13-9-22(10-14-39)21(3)11-16-44-24-8-7-23(25(33)18-24)17-26(37-30(43)45-31(4,5)6)28(41)40-15-12-32(34,35)19-40/h7-8,18,20-22,26H,9-17,19H2,1-6H3,(H,37,43)(H2,36,38,42)/t21-,26+/m1/s1. The maximum absolute atomic E-state index is 15.2. The van der Waals surface area contributed by atoms with Crippen LogP contribution >= 0.6 is 0 Å². The average molecular weight is 640 g/mol. The zero-order valence-corrected chi connectivity index (χ0v) is 27.2. The first kappa shape index (κ1) is 36.0. The van der Waals surface area contributed by atoms with Crippen molar-refractivity contribution >= 4 is 23.9 Å². The predicted octanol–water partition coefficient (Wildman–Crippen LogP) is 5.38. The minimum atomic E-state index is -3.01. The van der Waals surface area contributed by atoms with Crippen LogP contribution in [0.4, 0.5) is 22.8 Å². The Labute approximate surface area is 263 Å². The van der Waals surface area contributed by atoms with E-state index < -0.39 is 48.3 Å². The number of nitrogens with one attached hydrogen (secondary N) is 1. The van der Waals surface area contributed by atoms with Gasteiger partial charge in [-0.15, -0.1) is 0 Å². The summed E-state index contributed by atoms with van der Waals surface area (Å²) in [5.74, 6) is -3.00. The van der Waals surface area contributed by atoms with Crippen molar-refractivity contribution in [3.63, 3.8) is 0 Å². The number of urea groups is 1. The molecule has 2 saturated heterocycles. The van der Waals surface area contributed by atoms with Gasteiger partial charge in [-0.1, -0.05) is 26.8 Å². The summed E-state index contributed by atoms with van der Waals surface area (Å²) in [4.78, 5) is 44.6. The number of likely N-dealkylation sites (tertiary alicyclic amines) is 2. The van der Waals surface area contributed by atoms with Crippen LogP contribution in [0.15, 0.2) is 23.2 Å². The van der Waals surface area contributed by atoms with E-state index in [4.69, 9.17) is 15.2 Å². The summed E-state index contributed by atoms with van der Waals surface area (Å²) < 4.78 is 53.8. The Balaban J connectivity index is 1.54. The third kappa shape index (κ3) is 11.1. The second kappa shape index (κ2) is 15.2. The number of alkyl carbamates (subject to hydrolysis) is 1. The van der Waals surface area contributed by atoms with Crippen LogP contribution in [0.25, 0.3) is 0 Å². The van der Waals surface area contributed by atoms with E-state index in [9.17, 15) is 23.2 Å². The number of carbonyl (C=O) groups excluding carboxylic acids is 3. The molecular formula is C32H48F3N5O5. The number of rotatable bonds is 10. The lowest BCUT2D eigenvalue weighted by atomic mass is 9.84. The van der Waals surface area contributed by atoms with E-state index in [1.165, 1.54) is 12.1 Å². The number of nitrogens with zero attached hydrogens (tertiary/aromatic N) is 3. The van der Waals surface area contributed by atoms with Crippen LogP contribution < -0.4 is 15.8 Å². The van der Waals surface area contributed by atoms with Gasteiger partial charge in [0.05, 0.1) is 13.2 Å². The number of piperidine rings is 1. The largest absolute Gasteiger partial charge is 0.493 e. The highest BCUT2D eigenvalue weighted by molar-refractivity contribution is 5.93. The van der Waals surface area contributed by atoms with Gasteiger partial charge in [0.25, 0.3) is 5.92 Å². The van der Waals surface area contributed by atoms with Crippen molar-refractivity contribution in [2.45, 2.75) is 91.2 Å². The summed E-state index contributed by atoms with van der Waals surface area (Å²) in [6.45, 7) is 11.5. The normalized spacial score (nSPS) is 18.9. The summed E-state index contributed by atoms with van der Waals surface area (Å²) >= 11 is 0. The molecule has 45 heavy (non-hydrogen) atoms. The third-order valence-corrected chi connectivity index (χ3v) is 8.19. The number of ether oxygens (including phenoxy) is 2. The molecule has 13 heteroatoms. The van der Waals surface area contributed by atoms with Crippen molar-refractivity contribution in [3.05, 3.63) is 29.6 Å². The Morgan fingerprint density at radius 3 is 2.33 bits per heavy atom.